The highest BCUT2D eigenvalue weighted by Crippen LogP contribution is 2.19. The zero-order valence-electron chi connectivity index (χ0n) is 12.3. The lowest BCUT2D eigenvalue weighted by Crippen LogP contribution is -2.57. The summed E-state index contributed by atoms with van der Waals surface area (Å²) in [6, 6.07) is 8.30. The van der Waals surface area contributed by atoms with Crippen LogP contribution >= 0.6 is 0 Å². The number of anilines is 1. The van der Waals surface area contributed by atoms with Crippen LogP contribution in [0.25, 0.3) is 0 Å². The lowest BCUT2D eigenvalue weighted by Gasteiger charge is -2.40. The molecule has 20 heavy (non-hydrogen) atoms. The van der Waals surface area contributed by atoms with Crippen molar-refractivity contribution in [1.29, 1.82) is 0 Å². The van der Waals surface area contributed by atoms with Crippen LogP contribution in [0.15, 0.2) is 24.3 Å². The van der Waals surface area contributed by atoms with E-state index in [2.05, 4.69) is 5.32 Å². The number of ether oxygens (including phenoxy) is 1. The lowest BCUT2D eigenvalue weighted by molar-refractivity contribution is 0.0105. The molecule has 1 saturated heterocycles. The lowest BCUT2D eigenvalue weighted by atomic mass is 10.1. The fourth-order valence-electron chi connectivity index (χ4n) is 2.07. The number of nitrogens with one attached hydrogen (secondary N) is 1. The second-order valence-electron chi connectivity index (χ2n) is 6.13. The van der Waals surface area contributed by atoms with E-state index in [1.807, 2.05) is 45.0 Å². The van der Waals surface area contributed by atoms with Crippen molar-refractivity contribution in [2.75, 3.05) is 18.4 Å². The second-order valence-corrected chi connectivity index (χ2v) is 6.13. The summed E-state index contributed by atoms with van der Waals surface area (Å²) in [6.45, 7) is 7.49. The van der Waals surface area contributed by atoms with Gasteiger partial charge in [0, 0.05) is 25.3 Å². The molecule has 3 N–H and O–H groups in total. The Balaban J connectivity index is 1.80. The van der Waals surface area contributed by atoms with Gasteiger partial charge in [0.25, 0.3) is 0 Å². The van der Waals surface area contributed by atoms with Crippen molar-refractivity contribution in [3.8, 4) is 0 Å². The molecule has 1 heterocycles. The molecule has 0 bridgehead atoms. The Labute approximate surface area is 120 Å². The molecule has 0 spiro atoms. The smallest absolute Gasteiger partial charge is 0.410 e. The first-order valence-electron chi connectivity index (χ1n) is 6.91. The number of hydrogen-bond donors (Lipinski definition) is 2. The molecule has 0 atom stereocenters. The number of carbonyl (C=O) groups excluding carboxylic acids is 1. The molecular formula is C15H23N3O2. The third kappa shape index (κ3) is 3.87. The Morgan fingerprint density at radius 3 is 2.75 bits per heavy atom. The van der Waals surface area contributed by atoms with E-state index < -0.39 is 5.60 Å². The predicted octanol–water partition coefficient (Wildman–Crippen LogP) is 2.18. The molecule has 5 nitrogen and oxygen atoms in total. The minimum Gasteiger partial charge on any atom is -0.444 e. The molecule has 0 unspecified atom stereocenters. The normalized spacial score (nSPS) is 15.7. The molecule has 0 aliphatic carbocycles. The van der Waals surface area contributed by atoms with Crippen LogP contribution in [0.5, 0.6) is 0 Å². The van der Waals surface area contributed by atoms with Crippen LogP contribution < -0.4 is 11.1 Å². The van der Waals surface area contributed by atoms with Gasteiger partial charge < -0.3 is 20.7 Å². The minimum absolute atomic E-state index is 0.244. The molecule has 1 amide bonds. The maximum atomic E-state index is 11.8. The van der Waals surface area contributed by atoms with Crippen LogP contribution in [0, 0.1) is 0 Å². The number of carbonyl (C=O) groups is 1. The van der Waals surface area contributed by atoms with E-state index in [9.17, 15) is 4.79 Å². The fraction of sp³-hybridized carbons (Fsp3) is 0.533. The molecule has 2 rings (SSSR count). The Kier molecular flexibility index (Phi) is 4.18. The van der Waals surface area contributed by atoms with Gasteiger partial charge in [-0.05, 0) is 38.5 Å². The SMILES string of the molecule is CC(C)(C)OC(=O)N1CC(Nc2cccc(CN)c2)C1. The number of amides is 1. The van der Waals surface area contributed by atoms with Crippen LogP contribution in [0.1, 0.15) is 26.3 Å². The molecular weight excluding hydrogens is 254 g/mol. The standard InChI is InChI=1S/C15H23N3O2/c1-15(2,3)20-14(19)18-9-13(10-18)17-12-6-4-5-11(7-12)8-16/h4-7,13,17H,8-10,16H2,1-3H3. The van der Waals surface area contributed by atoms with Gasteiger partial charge in [0.15, 0.2) is 0 Å². The van der Waals surface area contributed by atoms with E-state index in [1.54, 1.807) is 4.90 Å². The number of benzene rings is 1. The summed E-state index contributed by atoms with van der Waals surface area (Å²) in [4.78, 5) is 13.5. The summed E-state index contributed by atoms with van der Waals surface area (Å²) in [7, 11) is 0. The highest BCUT2D eigenvalue weighted by molar-refractivity contribution is 5.69. The zero-order chi connectivity index (χ0) is 14.8. The van der Waals surface area contributed by atoms with Gasteiger partial charge >= 0.3 is 6.09 Å². The Morgan fingerprint density at radius 2 is 2.15 bits per heavy atom. The van der Waals surface area contributed by atoms with Crippen molar-refractivity contribution in [3.63, 3.8) is 0 Å². The molecule has 1 aromatic carbocycles. The quantitative estimate of drug-likeness (QED) is 0.888. The van der Waals surface area contributed by atoms with E-state index in [1.165, 1.54) is 0 Å². The van der Waals surface area contributed by atoms with E-state index >= 15 is 0 Å². The van der Waals surface area contributed by atoms with Crippen molar-refractivity contribution in [2.45, 2.75) is 39.0 Å². The summed E-state index contributed by atoms with van der Waals surface area (Å²) >= 11 is 0. The van der Waals surface area contributed by atoms with Crippen molar-refractivity contribution >= 4 is 11.8 Å². The van der Waals surface area contributed by atoms with E-state index in [0.29, 0.717) is 19.6 Å². The first-order valence-corrected chi connectivity index (χ1v) is 6.91. The van der Waals surface area contributed by atoms with Gasteiger partial charge in [0.1, 0.15) is 5.60 Å². The molecule has 1 aliphatic heterocycles. The van der Waals surface area contributed by atoms with Crippen molar-refractivity contribution < 1.29 is 9.53 Å². The first kappa shape index (κ1) is 14.7. The molecule has 1 aromatic rings. The third-order valence-electron chi connectivity index (χ3n) is 3.07. The maximum absolute atomic E-state index is 11.8. The van der Waals surface area contributed by atoms with E-state index in [4.69, 9.17) is 10.5 Å². The number of hydrogen-bond acceptors (Lipinski definition) is 4. The van der Waals surface area contributed by atoms with Gasteiger partial charge in [0.2, 0.25) is 0 Å². The topological polar surface area (TPSA) is 67.6 Å². The number of nitrogens with zero attached hydrogens (tertiary/aromatic N) is 1. The second kappa shape index (κ2) is 5.71. The number of nitrogens with two attached hydrogens (primary N) is 1. The average molecular weight is 277 g/mol. The average Bonchev–Trinajstić information content (AvgIpc) is 2.31. The van der Waals surface area contributed by atoms with Crippen LogP contribution in [-0.2, 0) is 11.3 Å². The van der Waals surface area contributed by atoms with Crippen LogP contribution in [0.3, 0.4) is 0 Å². The first-order chi connectivity index (χ1) is 9.37. The molecule has 0 radical (unpaired) electrons. The van der Waals surface area contributed by atoms with Crippen LogP contribution in [0.4, 0.5) is 10.5 Å². The highest BCUT2D eigenvalue weighted by Gasteiger charge is 2.33. The number of likely N-dealkylation sites (tertiary alicyclic amines) is 1. The summed E-state index contributed by atoms with van der Waals surface area (Å²) in [5.74, 6) is 0. The van der Waals surface area contributed by atoms with E-state index in [-0.39, 0.29) is 12.1 Å². The maximum Gasteiger partial charge on any atom is 0.410 e. The van der Waals surface area contributed by atoms with Gasteiger partial charge in [-0.15, -0.1) is 0 Å². The zero-order valence-corrected chi connectivity index (χ0v) is 12.3. The van der Waals surface area contributed by atoms with Gasteiger partial charge in [-0.1, -0.05) is 12.1 Å². The summed E-state index contributed by atoms with van der Waals surface area (Å²) < 4.78 is 5.32. The van der Waals surface area contributed by atoms with Crippen LogP contribution in [0.2, 0.25) is 0 Å². The third-order valence-corrected chi connectivity index (χ3v) is 3.07. The summed E-state index contributed by atoms with van der Waals surface area (Å²) in [5.41, 5.74) is 7.32. The number of rotatable bonds is 3. The van der Waals surface area contributed by atoms with E-state index in [0.717, 1.165) is 11.3 Å². The molecule has 5 heteroatoms. The largest absolute Gasteiger partial charge is 0.444 e. The molecule has 110 valence electrons. The highest BCUT2D eigenvalue weighted by atomic mass is 16.6. The molecule has 1 fully saturated rings. The van der Waals surface area contributed by atoms with Crippen molar-refractivity contribution in [2.24, 2.45) is 5.73 Å². The summed E-state index contributed by atoms with van der Waals surface area (Å²) in [5, 5.41) is 3.40. The fourth-order valence-corrected chi connectivity index (χ4v) is 2.07. The Hall–Kier alpha value is -1.75. The Bertz CT molecular complexity index is 476. The predicted molar refractivity (Wildman–Crippen MR) is 79.6 cm³/mol. The van der Waals surface area contributed by atoms with Crippen molar-refractivity contribution in [3.05, 3.63) is 29.8 Å². The minimum atomic E-state index is -0.439. The van der Waals surface area contributed by atoms with Crippen LogP contribution in [-0.4, -0.2) is 35.7 Å². The van der Waals surface area contributed by atoms with Gasteiger partial charge in [-0.2, -0.15) is 0 Å². The van der Waals surface area contributed by atoms with Gasteiger partial charge in [-0.3, -0.25) is 0 Å². The van der Waals surface area contributed by atoms with Gasteiger partial charge in [0.05, 0.1) is 6.04 Å². The molecule has 1 aliphatic rings. The Morgan fingerprint density at radius 1 is 1.45 bits per heavy atom. The summed E-state index contributed by atoms with van der Waals surface area (Å²) in [6.07, 6.45) is -0.244. The molecule has 0 saturated carbocycles. The van der Waals surface area contributed by atoms with Gasteiger partial charge in [-0.25, -0.2) is 4.79 Å². The van der Waals surface area contributed by atoms with Crippen molar-refractivity contribution in [1.82, 2.24) is 4.90 Å². The monoisotopic (exact) mass is 277 g/mol. The molecule has 0 aromatic heterocycles.